The maximum atomic E-state index is 5.42. The molecule has 0 spiro atoms. The van der Waals surface area contributed by atoms with Crippen molar-refractivity contribution in [3.05, 3.63) is 21.9 Å². The smallest absolute Gasteiger partial charge is 0.0275 e. The minimum absolute atomic E-state index is 0.0163. The van der Waals surface area contributed by atoms with Gasteiger partial charge in [-0.05, 0) is 17.1 Å². The van der Waals surface area contributed by atoms with Gasteiger partial charge in [-0.3, -0.25) is 0 Å². The van der Waals surface area contributed by atoms with Crippen molar-refractivity contribution in [3.63, 3.8) is 0 Å². The summed E-state index contributed by atoms with van der Waals surface area (Å²) < 4.78 is 5.77. The Labute approximate surface area is 60.0 Å². The van der Waals surface area contributed by atoms with Crippen molar-refractivity contribution in [3.8, 4) is 0 Å². The summed E-state index contributed by atoms with van der Waals surface area (Å²) in [5.41, 5.74) is 6.25. The fourth-order valence-corrected chi connectivity index (χ4v) is 0.883. The molecule has 0 rings (SSSR count). The van der Waals surface area contributed by atoms with E-state index in [4.69, 9.17) is 5.73 Å². The molecule has 0 unspecified atom stereocenters. The van der Waals surface area contributed by atoms with E-state index in [9.17, 15) is 0 Å². The number of nitrogens with two attached hydrogens (primary N) is 1. The fraction of sp³-hybridized carbons (Fsp3) is 0.167. The quantitative estimate of drug-likeness (QED) is 0.560. The molecule has 0 atom stereocenters. The Hall–Kier alpha value is -0.120. The van der Waals surface area contributed by atoms with E-state index >= 15 is 0 Å². The molecule has 0 saturated carbocycles. The van der Waals surface area contributed by atoms with E-state index in [0.29, 0.717) is 0 Å². The van der Waals surface area contributed by atoms with Crippen LogP contribution in [0.4, 0.5) is 0 Å². The minimum Gasteiger partial charge on any atom is -0.399 e. The zero-order valence-corrected chi connectivity index (χ0v) is 7.05. The van der Waals surface area contributed by atoms with E-state index in [-0.39, 0.29) is 20.7 Å². The maximum absolute atomic E-state index is 5.42. The van der Waals surface area contributed by atoms with Crippen molar-refractivity contribution in [1.82, 2.24) is 0 Å². The molecule has 0 aliphatic rings. The Kier molecular flexibility index (Phi) is 4.95. The van der Waals surface area contributed by atoms with Crippen molar-refractivity contribution < 1.29 is 0 Å². The van der Waals surface area contributed by atoms with Crippen LogP contribution in [-0.2, 0) is 0 Å². The minimum atomic E-state index is 0.0163. The number of hydrogen-bond donors (Lipinski definition) is 1. The Morgan fingerprint density at radius 2 is 2.38 bits per heavy atom. The van der Waals surface area contributed by atoms with Crippen LogP contribution >= 0.6 is 20.7 Å². The lowest BCUT2D eigenvalue weighted by molar-refractivity contribution is 1.40. The number of hydrogen-bond acceptors (Lipinski definition) is 1. The molecule has 0 amide bonds. The summed E-state index contributed by atoms with van der Waals surface area (Å²) in [5.74, 6) is 0. The third-order valence-corrected chi connectivity index (χ3v) is 1.55. The van der Waals surface area contributed by atoms with Crippen molar-refractivity contribution in [2.45, 2.75) is 6.92 Å². The predicted octanol–water partition coefficient (Wildman–Crippen LogP) is 1.77. The van der Waals surface area contributed by atoms with Crippen molar-refractivity contribution >= 4 is 25.2 Å². The summed E-state index contributed by atoms with van der Waals surface area (Å²) in [7, 11) is 0. The summed E-state index contributed by atoms with van der Waals surface area (Å²) in [6.45, 7) is 1.92. The standard InChI is InChI=1S/C6H10IN/c1-3-6(8)4-5-7-2/h3-5H,2,8H2,1H3/b5-4-,6-3+. The van der Waals surface area contributed by atoms with Gasteiger partial charge in [0.05, 0.1) is 0 Å². The Morgan fingerprint density at radius 3 is 2.75 bits per heavy atom. The molecule has 0 aromatic heterocycles. The molecular formula is C6H10IN. The molecule has 1 nitrogen and oxygen atoms in total. The largest absolute Gasteiger partial charge is 0.399 e. The van der Waals surface area contributed by atoms with E-state index in [0.717, 1.165) is 5.70 Å². The van der Waals surface area contributed by atoms with Gasteiger partial charge in [0.15, 0.2) is 0 Å². The molecule has 0 heterocycles. The molecule has 0 aromatic carbocycles. The Morgan fingerprint density at radius 1 is 1.75 bits per heavy atom. The molecule has 0 aliphatic carbocycles. The topological polar surface area (TPSA) is 26.0 Å². The Bertz CT molecular complexity index is 124. The summed E-state index contributed by atoms with van der Waals surface area (Å²) in [4.78, 5) is 0. The van der Waals surface area contributed by atoms with E-state index in [1.165, 1.54) is 0 Å². The van der Waals surface area contributed by atoms with Crippen molar-refractivity contribution in [1.29, 1.82) is 0 Å². The third-order valence-electron chi connectivity index (χ3n) is 0.678. The second kappa shape index (κ2) is 5.03. The van der Waals surface area contributed by atoms with Gasteiger partial charge in [0.2, 0.25) is 0 Å². The lowest BCUT2D eigenvalue weighted by atomic mass is 10.4. The van der Waals surface area contributed by atoms with E-state index in [2.05, 4.69) is 4.51 Å². The molecule has 8 heavy (non-hydrogen) atoms. The zero-order valence-electron chi connectivity index (χ0n) is 4.89. The molecule has 0 bridgehead atoms. The second-order valence-corrected chi connectivity index (χ2v) is 2.84. The van der Waals surface area contributed by atoms with E-state index in [1.807, 2.05) is 23.2 Å². The van der Waals surface area contributed by atoms with E-state index < -0.39 is 0 Å². The van der Waals surface area contributed by atoms with Crippen LogP contribution in [0.1, 0.15) is 6.92 Å². The highest BCUT2D eigenvalue weighted by Crippen LogP contribution is 1.95. The van der Waals surface area contributed by atoms with Crippen LogP contribution < -0.4 is 5.73 Å². The van der Waals surface area contributed by atoms with Gasteiger partial charge in [-0.1, -0.05) is 10.6 Å². The monoisotopic (exact) mass is 223 g/mol. The number of rotatable bonds is 2. The fourth-order valence-electron chi connectivity index (χ4n) is 0.214. The van der Waals surface area contributed by atoms with Gasteiger partial charge in [0, 0.05) is 5.70 Å². The highest BCUT2D eigenvalue weighted by Gasteiger charge is 1.71. The summed E-state index contributed by atoms with van der Waals surface area (Å²) in [6.07, 6.45) is 3.77. The first-order valence-electron chi connectivity index (χ1n) is 2.26. The van der Waals surface area contributed by atoms with Crippen LogP contribution in [-0.4, -0.2) is 4.51 Å². The first-order chi connectivity index (χ1) is 3.81. The molecule has 46 valence electrons. The van der Waals surface area contributed by atoms with Crippen LogP contribution in [0.2, 0.25) is 0 Å². The number of allylic oxidation sites excluding steroid dienone is 2. The van der Waals surface area contributed by atoms with Crippen LogP contribution in [0.3, 0.4) is 0 Å². The predicted molar refractivity (Wildman–Crippen MR) is 48.2 cm³/mol. The lowest BCUT2D eigenvalue weighted by Gasteiger charge is -1.83. The normalized spacial score (nSPS) is 12.9. The molecule has 0 aromatic rings. The lowest BCUT2D eigenvalue weighted by Crippen LogP contribution is -1.89. The zero-order chi connectivity index (χ0) is 6.41. The van der Waals surface area contributed by atoms with Gasteiger partial charge < -0.3 is 5.73 Å². The van der Waals surface area contributed by atoms with Crippen LogP contribution in [0.5, 0.6) is 0 Å². The van der Waals surface area contributed by atoms with Crippen molar-refractivity contribution in [2.75, 3.05) is 0 Å². The average molecular weight is 223 g/mol. The molecular weight excluding hydrogens is 213 g/mol. The summed E-state index contributed by atoms with van der Waals surface area (Å²) >= 11 is 0.0163. The molecule has 0 saturated heterocycles. The first kappa shape index (κ1) is 7.88. The van der Waals surface area contributed by atoms with Crippen molar-refractivity contribution in [2.24, 2.45) is 5.73 Å². The van der Waals surface area contributed by atoms with Gasteiger partial charge in [-0.2, -0.15) is 0 Å². The maximum Gasteiger partial charge on any atom is 0.0275 e. The van der Waals surface area contributed by atoms with Gasteiger partial charge >= 0.3 is 0 Å². The van der Waals surface area contributed by atoms with Gasteiger partial charge in [-0.15, -0.1) is 20.7 Å². The highest BCUT2D eigenvalue weighted by atomic mass is 127. The molecule has 2 heteroatoms. The highest BCUT2D eigenvalue weighted by molar-refractivity contribution is 14.2. The van der Waals surface area contributed by atoms with Crippen LogP contribution in [0, 0.1) is 0 Å². The molecule has 2 N–H and O–H groups in total. The van der Waals surface area contributed by atoms with Gasteiger partial charge in [0.1, 0.15) is 0 Å². The second-order valence-electron chi connectivity index (χ2n) is 1.24. The van der Waals surface area contributed by atoms with Gasteiger partial charge in [0.25, 0.3) is 0 Å². The Balaban J connectivity index is 3.69. The SMILES string of the molecule is C=I/C=C\C(N)=C/C. The third kappa shape index (κ3) is 4.05. The molecule has 0 fully saturated rings. The number of halogens is 1. The summed E-state index contributed by atoms with van der Waals surface area (Å²) in [5, 5.41) is 0. The molecule has 0 aliphatic heterocycles. The van der Waals surface area contributed by atoms with E-state index in [1.54, 1.807) is 0 Å². The van der Waals surface area contributed by atoms with Crippen LogP contribution in [0.25, 0.3) is 0 Å². The van der Waals surface area contributed by atoms with Gasteiger partial charge in [-0.25, -0.2) is 0 Å². The van der Waals surface area contributed by atoms with Crippen LogP contribution in [0.15, 0.2) is 21.9 Å². The average Bonchev–Trinajstić information content (AvgIpc) is 1.83. The molecule has 0 radical (unpaired) electrons. The summed E-state index contributed by atoms with van der Waals surface area (Å²) in [6, 6.07) is 0. The first-order valence-corrected chi connectivity index (χ1v) is 5.03.